The second-order valence-corrected chi connectivity index (χ2v) is 3.92. The summed E-state index contributed by atoms with van der Waals surface area (Å²) >= 11 is 5.49. The van der Waals surface area contributed by atoms with Crippen LogP contribution in [0.25, 0.3) is 5.57 Å². The van der Waals surface area contributed by atoms with Crippen molar-refractivity contribution in [3.63, 3.8) is 0 Å². The molecule has 0 bridgehead atoms. The maximum Gasteiger partial charge on any atom is 0.239 e. The summed E-state index contributed by atoms with van der Waals surface area (Å²) in [4.78, 5) is 11.3. The zero-order chi connectivity index (χ0) is 12.1. The largest absolute Gasteiger partial charge is 0.324 e. The molecule has 0 atom stereocenters. The van der Waals surface area contributed by atoms with Gasteiger partial charge >= 0.3 is 0 Å². The number of hydrogen-bond acceptors (Lipinski definition) is 1. The van der Waals surface area contributed by atoms with Crippen LogP contribution in [0.1, 0.15) is 25.0 Å². The van der Waals surface area contributed by atoms with Crippen LogP contribution < -0.4 is 5.32 Å². The number of anilines is 1. The molecule has 0 aromatic heterocycles. The third-order valence-corrected chi connectivity index (χ3v) is 2.76. The summed E-state index contributed by atoms with van der Waals surface area (Å²) in [5, 5.41) is 2.83. The number of carbonyl (C=O) groups excluding carboxylic acids is 1. The Bertz CT molecular complexity index is 424. The van der Waals surface area contributed by atoms with E-state index in [4.69, 9.17) is 11.6 Å². The molecule has 2 nitrogen and oxygen atoms in total. The van der Waals surface area contributed by atoms with Crippen molar-refractivity contribution in [2.24, 2.45) is 0 Å². The molecule has 1 amide bonds. The van der Waals surface area contributed by atoms with Gasteiger partial charge in [0.2, 0.25) is 5.91 Å². The molecule has 0 aliphatic rings. The second-order valence-electron chi connectivity index (χ2n) is 3.65. The predicted molar refractivity (Wildman–Crippen MR) is 69.9 cm³/mol. The van der Waals surface area contributed by atoms with E-state index in [2.05, 4.69) is 5.32 Å². The number of allylic oxidation sites excluding steroid dienone is 2. The van der Waals surface area contributed by atoms with Crippen LogP contribution in [0.2, 0.25) is 0 Å². The molecule has 0 aliphatic heterocycles. The van der Waals surface area contributed by atoms with Crippen molar-refractivity contribution >= 4 is 28.8 Å². The minimum atomic E-state index is -0.180. The molecule has 16 heavy (non-hydrogen) atoms. The van der Waals surface area contributed by atoms with Gasteiger partial charge in [0, 0.05) is 5.56 Å². The maximum atomic E-state index is 11.3. The topological polar surface area (TPSA) is 29.1 Å². The average Bonchev–Trinajstić information content (AvgIpc) is 2.30. The Balaban J connectivity index is 3.18. The van der Waals surface area contributed by atoms with Crippen LogP contribution in [-0.4, -0.2) is 11.8 Å². The highest BCUT2D eigenvalue weighted by atomic mass is 35.5. The minimum absolute atomic E-state index is 0.0251. The number of benzene rings is 1. The number of alkyl halides is 1. The van der Waals surface area contributed by atoms with Gasteiger partial charge in [0.15, 0.2) is 0 Å². The normalized spacial score (nSPS) is 11.4. The molecule has 0 heterocycles. The molecule has 0 fully saturated rings. The zero-order valence-electron chi connectivity index (χ0n) is 9.80. The van der Waals surface area contributed by atoms with Gasteiger partial charge in [-0.2, -0.15) is 0 Å². The van der Waals surface area contributed by atoms with Gasteiger partial charge in [0.25, 0.3) is 0 Å². The Labute approximate surface area is 101 Å². The van der Waals surface area contributed by atoms with Crippen LogP contribution in [0.15, 0.2) is 24.3 Å². The molecule has 1 N–H and O–H groups in total. The van der Waals surface area contributed by atoms with Crippen molar-refractivity contribution in [1.82, 2.24) is 0 Å². The summed E-state index contributed by atoms with van der Waals surface area (Å²) in [6.45, 7) is 5.96. The van der Waals surface area contributed by atoms with E-state index in [1.54, 1.807) is 0 Å². The third kappa shape index (κ3) is 2.86. The van der Waals surface area contributed by atoms with Gasteiger partial charge in [-0.15, -0.1) is 11.6 Å². The molecule has 0 unspecified atom stereocenters. The van der Waals surface area contributed by atoms with Crippen LogP contribution in [0.3, 0.4) is 0 Å². The Hall–Kier alpha value is -1.28. The standard InChI is InChI=1S/C13H16ClNO/c1-4-9(2)11-7-5-6-10(3)13(11)15-12(16)8-14/h4-7H,8H2,1-3H3,(H,15,16). The molecular formula is C13H16ClNO. The first-order chi connectivity index (χ1) is 7.60. The molecule has 1 aromatic rings. The van der Waals surface area contributed by atoms with Gasteiger partial charge in [-0.1, -0.05) is 24.3 Å². The summed E-state index contributed by atoms with van der Waals surface area (Å²) < 4.78 is 0. The lowest BCUT2D eigenvalue weighted by Crippen LogP contribution is -2.14. The molecule has 0 aliphatic carbocycles. The third-order valence-electron chi connectivity index (χ3n) is 2.52. The molecule has 86 valence electrons. The number of nitrogens with one attached hydrogen (secondary N) is 1. The number of amides is 1. The van der Waals surface area contributed by atoms with E-state index in [-0.39, 0.29) is 11.8 Å². The van der Waals surface area contributed by atoms with E-state index in [9.17, 15) is 4.79 Å². The summed E-state index contributed by atoms with van der Waals surface area (Å²) in [5.41, 5.74) is 4.07. The Morgan fingerprint density at radius 2 is 2.19 bits per heavy atom. The molecule has 0 saturated carbocycles. The SMILES string of the molecule is CC=C(C)c1cccc(C)c1NC(=O)CCl. The van der Waals surface area contributed by atoms with E-state index < -0.39 is 0 Å². The molecule has 0 saturated heterocycles. The summed E-state index contributed by atoms with van der Waals surface area (Å²) in [5.74, 6) is -0.205. The predicted octanol–water partition coefficient (Wildman–Crippen LogP) is 3.60. The van der Waals surface area contributed by atoms with Crippen molar-refractivity contribution in [1.29, 1.82) is 0 Å². The molecule has 1 rings (SSSR count). The van der Waals surface area contributed by atoms with Crippen molar-refractivity contribution in [3.8, 4) is 0 Å². The highest BCUT2D eigenvalue weighted by Gasteiger charge is 2.09. The van der Waals surface area contributed by atoms with Crippen molar-refractivity contribution < 1.29 is 4.79 Å². The molecule has 0 radical (unpaired) electrons. The first-order valence-corrected chi connectivity index (χ1v) is 5.72. The molecule has 1 aromatic carbocycles. The van der Waals surface area contributed by atoms with E-state index in [1.807, 2.05) is 45.0 Å². The quantitative estimate of drug-likeness (QED) is 0.800. The lowest BCUT2D eigenvalue weighted by atomic mass is 10.0. The second kappa shape index (κ2) is 5.71. The molecular weight excluding hydrogens is 222 g/mol. The smallest absolute Gasteiger partial charge is 0.239 e. The monoisotopic (exact) mass is 237 g/mol. The van der Waals surface area contributed by atoms with Gasteiger partial charge in [0.05, 0.1) is 5.69 Å². The van der Waals surface area contributed by atoms with Gasteiger partial charge in [-0.3, -0.25) is 4.79 Å². The van der Waals surface area contributed by atoms with E-state index >= 15 is 0 Å². The van der Waals surface area contributed by atoms with Gasteiger partial charge in [0.1, 0.15) is 5.88 Å². The van der Waals surface area contributed by atoms with E-state index in [1.165, 1.54) is 0 Å². The number of hydrogen-bond donors (Lipinski definition) is 1. The minimum Gasteiger partial charge on any atom is -0.324 e. The number of carbonyl (C=O) groups is 1. The summed E-state index contributed by atoms with van der Waals surface area (Å²) in [6.07, 6.45) is 2.02. The first kappa shape index (κ1) is 12.8. The van der Waals surface area contributed by atoms with E-state index in [0.717, 1.165) is 22.4 Å². The number of para-hydroxylation sites is 1. The Kier molecular flexibility index (Phi) is 4.56. The van der Waals surface area contributed by atoms with Gasteiger partial charge in [-0.25, -0.2) is 0 Å². The molecule has 3 heteroatoms. The van der Waals surface area contributed by atoms with Gasteiger partial charge < -0.3 is 5.32 Å². The van der Waals surface area contributed by atoms with Crippen LogP contribution in [0.4, 0.5) is 5.69 Å². The van der Waals surface area contributed by atoms with Crippen molar-refractivity contribution in [2.75, 3.05) is 11.2 Å². The number of halogens is 1. The van der Waals surface area contributed by atoms with E-state index in [0.29, 0.717) is 0 Å². The summed E-state index contributed by atoms with van der Waals surface area (Å²) in [7, 11) is 0. The van der Waals surface area contributed by atoms with Crippen LogP contribution in [0, 0.1) is 6.92 Å². The fourth-order valence-electron chi connectivity index (χ4n) is 1.49. The van der Waals surface area contributed by atoms with Crippen LogP contribution in [0.5, 0.6) is 0 Å². The highest BCUT2D eigenvalue weighted by molar-refractivity contribution is 6.29. The summed E-state index contributed by atoms with van der Waals surface area (Å²) in [6, 6.07) is 5.94. The highest BCUT2D eigenvalue weighted by Crippen LogP contribution is 2.26. The average molecular weight is 238 g/mol. The first-order valence-electron chi connectivity index (χ1n) is 5.18. The van der Waals surface area contributed by atoms with Crippen molar-refractivity contribution in [3.05, 3.63) is 35.4 Å². The fourth-order valence-corrected chi connectivity index (χ4v) is 1.56. The Morgan fingerprint density at radius 3 is 2.75 bits per heavy atom. The van der Waals surface area contributed by atoms with Crippen LogP contribution in [-0.2, 0) is 4.79 Å². The fraction of sp³-hybridized carbons (Fsp3) is 0.308. The lowest BCUT2D eigenvalue weighted by molar-refractivity contribution is -0.113. The number of rotatable bonds is 3. The maximum absolute atomic E-state index is 11.3. The number of aryl methyl sites for hydroxylation is 1. The van der Waals surface area contributed by atoms with Gasteiger partial charge in [-0.05, 0) is 31.9 Å². The van der Waals surface area contributed by atoms with Crippen molar-refractivity contribution in [2.45, 2.75) is 20.8 Å². The Morgan fingerprint density at radius 1 is 1.50 bits per heavy atom. The molecule has 0 spiro atoms. The van der Waals surface area contributed by atoms with Crippen LogP contribution >= 0.6 is 11.6 Å². The zero-order valence-corrected chi connectivity index (χ0v) is 10.6. The lowest BCUT2D eigenvalue weighted by Gasteiger charge is -2.13.